The third-order valence-electron chi connectivity index (χ3n) is 2.87. The molecule has 0 aliphatic carbocycles. The number of benzene rings is 1. The van der Waals surface area contributed by atoms with Gasteiger partial charge in [0.15, 0.2) is 11.5 Å². The minimum Gasteiger partial charge on any atom is -0.283 e. The zero-order valence-electron chi connectivity index (χ0n) is 10.4. The molecule has 0 bridgehead atoms. The first-order chi connectivity index (χ1) is 9.74. The SMILES string of the molecule is O=[N+]([O-])c1ccc(C=Cc2nnc3ccccn23)cc1. The summed E-state index contributed by atoms with van der Waals surface area (Å²) < 4.78 is 1.86. The molecular formula is C14H10N4O2. The van der Waals surface area contributed by atoms with Gasteiger partial charge in [0.05, 0.1) is 4.92 Å². The van der Waals surface area contributed by atoms with E-state index in [-0.39, 0.29) is 5.69 Å². The predicted molar refractivity (Wildman–Crippen MR) is 75.0 cm³/mol. The number of nitro groups is 1. The molecule has 20 heavy (non-hydrogen) atoms. The molecule has 3 aromatic rings. The molecule has 0 spiro atoms. The van der Waals surface area contributed by atoms with Gasteiger partial charge in [0, 0.05) is 18.3 Å². The summed E-state index contributed by atoms with van der Waals surface area (Å²) in [7, 11) is 0. The molecule has 0 atom stereocenters. The van der Waals surface area contributed by atoms with Gasteiger partial charge in [-0.2, -0.15) is 0 Å². The number of aromatic nitrogens is 3. The van der Waals surface area contributed by atoms with Gasteiger partial charge >= 0.3 is 0 Å². The Morgan fingerprint density at radius 2 is 1.85 bits per heavy atom. The van der Waals surface area contributed by atoms with Crippen molar-refractivity contribution in [1.82, 2.24) is 14.6 Å². The summed E-state index contributed by atoms with van der Waals surface area (Å²) in [6, 6.07) is 12.0. The molecule has 98 valence electrons. The van der Waals surface area contributed by atoms with Gasteiger partial charge in [-0.05, 0) is 35.9 Å². The van der Waals surface area contributed by atoms with E-state index >= 15 is 0 Å². The Balaban J connectivity index is 1.88. The first kappa shape index (κ1) is 12.0. The van der Waals surface area contributed by atoms with E-state index in [4.69, 9.17) is 0 Å². The van der Waals surface area contributed by atoms with Crippen LogP contribution in [0.3, 0.4) is 0 Å². The number of nitrogens with zero attached hydrogens (tertiary/aromatic N) is 4. The number of nitro benzene ring substituents is 1. The first-order valence-corrected chi connectivity index (χ1v) is 5.96. The van der Waals surface area contributed by atoms with Crippen LogP contribution in [0.25, 0.3) is 17.8 Å². The number of rotatable bonds is 3. The van der Waals surface area contributed by atoms with Crippen molar-refractivity contribution in [2.45, 2.75) is 0 Å². The Hall–Kier alpha value is -3.02. The van der Waals surface area contributed by atoms with Gasteiger partial charge in [-0.25, -0.2) is 0 Å². The summed E-state index contributed by atoms with van der Waals surface area (Å²) in [4.78, 5) is 10.2. The minimum atomic E-state index is -0.417. The largest absolute Gasteiger partial charge is 0.283 e. The van der Waals surface area contributed by atoms with Gasteiger partial charge in [-0.15, -0.1) is 10.2 Å². The van der Waals surface area contributed by atoms with Crippen molar-refractivity contribution in [3.05, 3.63) is 70.2 Å². The number of pyridine rings is 1. The minimum absolute atomic E-state index is 0.0788. The van der Waals surface area contributed by atoms with E-state index < -0.39 is 4.92 Å². The number of non-ortho nitro benzene ring substituents is 1. The van der Waals surface area contributed by atoms with Crippen LogP contribution in [0.4, 0.5) is 5.69 Å². The van der Waals surface area contributed by atoms with Crippen molar-refractivity contribution in [2.24, 2.45) is 0 Å². The van der Waals surface area contributed by atoms with Crippen LogP contribution >= 0.6 is 0 Å². The van der Waals surface area contributed by atoms with Crippen molar-refractivity contribution in [1.29, 1.82) is 0 Å². The smallest absolute Gasteiger partial charge is 0.269 e. The van der Waals surface area contributed by atoms with E-state index in [1.165, 1.54) is 12.1 Å². The molecule has 0 unspecified atom stereocenters. The third-order valence-corrected chi connectivity index (χ3v) is 2.87. The van der Waals surface area contributed by atoms with Crippen molar-refractivity contribution in [3.8, 4) is 0 Å². The second-order valence-corrected chi connectivity index (χ2v) is 4.17. The van der Waals surface area contributed by atoms with Crippen LogP contribution in [0.2, 0.25) is 0 Å². The molecule has 0 radical (unpaired) electrons. The van der Waals surface area contributed by atoms with Gasteiger partial charge in [0.2, 0.25) is 0 Å². The van der Waals surface area contributed by atoms with Crippen LogP contribution in [-0.2, 0) is 0 Å². The van der Waals surface area contributed by atoms with Crippen molar-refractivity contribution < 1.29 is 4.92 Å². The zero-order valence-corrected chi connectivity index (χ0v) is 10.4. The second kappa shape index (κ2) is 4.93. The predicted octanol–water partition coefficient (Wildman–Crippen LogP) is 2.81. The van der Waals surface area contributed by atoms with Crippen molar-refractivity contribution in [2.75, 3.05) is 0 Å². The Kier molecular flexibility index (Phi) is 2.96. The number of hydrogen-bond acceptors (Lipinski definition) is 4. The summed E-state index contributed by atoms with van der Waals surface area (Å²) in [5, 5.41) is 18.7. The highest BCUT2D eigenvalue weighted by Gasteiger charge is 2.03. The summed E-state index contributed by atoms with van der Waals surface area (Å²) >= 11 is 0. The molecular weight excluding hydrogens is 256 g/mol. The Labute approximate surface area is 114 Å². The molecule has 0 amide bonds. The highest BCUT2D eigenvalue weighted by molar-refractivity contribution is 5.68. The first-order valence-electron chi connectivity index (χ1n) is 5.96. The van der Waals surface area contributed by atoms with Gasteiger partial charge in [0.1, 0.15) is 0 Å². The maximum absolute atomic E-state index is 10.6. The monoisotopic (exact) mass is 266 g/mol. The molecule has 0 saturated heterocycles. The summed E-state index contributed by atoms with van der Waals surface area (Å²) in [6.07, 6.45) is 5.54. The Morgan fingerprint density at radius 3 is 2.60 bits per heavy atom. The van der Waals surface area contributed by atoms with Crippen LogP contribution < -0.4 is 0 Å². The fraction of sp³-hybridized carbons (Fsp3) is 0. The van der Waals surface area contributed by atoms with Crippen molar-refractivity contribution in [3.63, 3.8) is 0 Å². The molecule has 0 aliphatic heterocycles. The fourth-order valence-corrected chi connectivity index (χ4v) is 1.85. The van der Waals surface area contributed by atoms with E-state index in [9.17, 15) is 10.1 Å². The molecule has 2 aromatic heterocycles. The summed E-state index contributed by atoms with van der Waals surface area (Å²) in [6.45, 7) is 0. The molecule has 0 N–H and O–H groups in total. The van der Waals surface area contributed by atoms with Gasteiger partial charge < -0.3 is 0 Å². The molecule has 1 aromatic carbocycles. The van der Waals surface area contributed by atoms with Crippen LogP contribution in [0.1, 0.15) is 11.4 Å². The van der Waals surface area contributed by atoms with Crippen LogP contribution in [0.15, 0.2) is 48.7 Å². The Morgan fingerprint density at radius 1 is 1.05 bits per heavy atom. The number of fused-ring (bicyclic) bond motifs is 1. The van der Waals surface area contributed by atoms with Gasteiger partial charge in [-0.3, -0.25) is 14.5 Å². The van der Waals surface area contributed by atoms with Crippen LogP contribution in [0, 0.1) is 10.1 Å². The molecule has 3 rings (SSSR count). The maximum atomic E-state index is 10.6. The van der Waals surface area contributed by atoms with E-state index in [0.29, 0.717) is 5.82 Å². The fourth-order valence-electron chi connectivity index (χ4n) is 1.85. The molecule has 6 heteroatoms. The third kappa shape index (κ3) is 2.26. The Bertz CT molecular complexity index is 790. The lowest BCUT2D eigenvalue weighted by atomic mass is 10.2. The molecule has 0 saturated carbocycles. The normalized spacial score (nSPS) is 11.2. The quantitative estimate of drug-likeness (QED) is 0.539. The average molecular weight is 266 g/mol. The standard InChI is InChI=1S/C14H10N4O2/c19-18(20)12-7-4-11(5-8-12)6-9-14-16-15-13-3-1-2-10-17(13)14/h1-10H. The number of hydrogen-bond donors (Lipinski definition) is 0. The topological polar surface area (TPSA) is 73.3 Å². The van der Waals surface area contributed by atoms with Gasteiger partial charge in [0.25, 0.3) is 5.69 Å². The van der Waals surface area contributed by atoms with E-state index in [0.717, 1.165) is 11.2 Å². The summed E-state index contributed by atoms with van der Waals surface area (Å²) in [5.74, 6) is 0.707. The average Bonchev–Trinajstić information content (AvgIpc) is 2.89. The molecule has 2 heterocycles. The maximum Gasteiger partial charge on any atom is 0.269 e. The highest BCUT2D eigenvalue weighted by Crippen LogP contribution is 2.14. The molecule has 6 nitrogen and oxygen atoms in total. The lowest BCUT2D eigenvalue weighted by molar-refractivity contribution is -0.384. The second-order valence-electron chi connectivity index (χ2n) is 4.17. The highest BCUT2D eigenvalue weighted by atomic mass is 16.6. The molecule has 0 aliphatic rings. The van der Waals surface area contributed by atoms with Crippen molar-refractivity contribution >= 4 is 23.5 Å². The van der Waals surface area contributed by atoms with E-state index in [1.807, 2.05) is 40.9 Å². The lowest BCUT2D eigenvalue weighted by Gasteiger charge is -1.95. The van der Waals surface area contributed by atoms with Crippen LogP contribution in [0.5, 0.6) is 0 Å². The van der Waals surface area contributed by atoms with E-state index in [2.05, 4.69) is 10.2 Å². The van der Waals surface area contributed by atoms with E-state index in [1.54, 1.807) is 12.1 Å². The molecule has 0 fully saturated rings. The lowest BCUT2D eigenvalue weighted by Crippen LogP contribution is -1.87. The zero-order chi connectivity index (χ0) is 13.9. The summed E-state index contributed by atoms with van der Waals surface area (Å²) in [5.41, 5.74) is 1.72. The van der Waals surface area contributed by atoms with Crippen LogP contribution in [-0.4, -0.2) is 19.5 Å². The van der Waals surface area contributed by atoms with Gasteiger partial charge in [-0.1, -0.05) is 12.1 Å².